The van der Waals surface area contributed by atoms with Crippen LogP contribution >= 0.6 is 15.9 Å². The van der Waals surface area contributed by atoms with Crippen molar-refractivity contribution < 1.29 is 27.5 Å². The van der Waals surface area contributed by atoms with Crippen LogP contribution in [0.15, 0.2) is 40.0 Å². The van der Waals surface area contributed by atoms with Crippen molar-refractivity contribution in [3.05, 3.63) is 35.1 Å². The highest BCUT2D eigenvalue weighted by molar-refractivity contribution is 9.10. The largest absolute Gasteiger partial charge is 0.444 e. The van der Waals surface area contributed by atoms with Crippen molar-refractivity contribution in [1.82, 2.24) is 19.5 Å². The molecule has 2 aromatic rings. The number of hydrogen-bond acceptors (Lipinski definition) is 8. The van der Waals surface area contributed by atoms with Crippen LogP contribution < -0.4 is 5.32 Å². The molecule has 3 rings (SSSR count). The Morgan fingerprint density at radius 3 is 2.41 bits per heavy atom. The molecule has 1 atom stereocenters. The van der Waals surface area contributed by atoms with E-state index in [1.807, 2.05) is 0 Å². The van der Waals surface area contributed by atoms with Gasteiger partial charge in [0.05, 0.1) is 10.9 Å². The van der Waals surface area contributed by atoms with Crippen LogP contribution in [0.25, 0.3) is 10.8 Å². The highest BCUT2D eigenvalue weighted by Gasteiger charge is 2.41. The molecule has 0 bridgehead atoms. The first-order valence-electron chi connectivity index (χ1n) is 11.6. The normalized spacial score (nSPS) is 16.9. The van der Waals surface area contributed by atoms with Crippen molar-refractivity contribution in [3.63, 3.8) is 0 Å². The molecule has 0 unspecified atom stereocenters. The summed E-state index contributed by atoms with van der Waals surface area (Å²) in [6.45, 7) is 10.0. The molecule has 1 fully saturated rings. The maximum absolute atomic E-state index is 13.7. The van der Waals surface area contributed by atoms with E-state index < -0.39 is 45.4 Å². The molecule has 1 aliphatic rings. The third-order valence-corrected chi connectivity index (χ3v) is 7.77. The number of carbonyl (C=O) groups is 2. The number of aromatic nitrogens is 1. The summed E-state index contributed by atoms with van der Waals surface area (Å²) >= 11 is 3.40. The number of alkyl carbamates (subject to hydrolysis) is 1. The number of carbonyl (C=O) groups excluding carboxylic acids is 2. The average molecular weight is 599 g/mol. The average Bonchev–Trinajstić information content (AvgIpc) is 3.21. The Hall–Kier alpha value is -2.77. The molecular formula is C24H32BrN5O6S. The zero-order valence-electron chi connectivity index (χ0n) is 21.7. The lowest BCUT2D eigenvalue weighted by Gasteiger charge is -2.31. The van der Waals surface area contributed by atoms with E-state index in [1.165, 1.54) is 16.6 Å². The number of guanidine groups is 1. The Morgan fingerprint density at radius 2 is 1.78 bits per heavy atom. The number of halogens is 1. The molecule has 37 heavy (non-hydrogen) atoms. The highest BCUT2D eigenvalue weighted by atomic mass is 79.9. The van der Waals surface area contributed by atoms with Gasteiger partial charge in [-0.05, 0) is 70.0 Å². The van der Waals surface area contributed by atoms with Gasteiger partial charge < -0.3 is 9.47 Å². The van der Waals surface area contributed by atoms with Crippen LogP contribution in [0.1, 0.15) is 48.0 Å². The summed E-state index contributed by atoms with van der Waals surface area (Å²) in [6.07, 6.45) is 1.55. The number of amides is 2. The lowest BCUT2D eigenvalue weighted by Crippen LogP contribution is -2.54. The van der Waals surface area contributed by atoms with Gasteiger partial charge in [0.15, 0.2) is 0 Å². The lowest BCUT2D eigenvalue weighted by atomic mass is 10.2. The molecule has 2 heterocycles. The molecular weight excluding hydrogens is 566 g/mol. The Balaban J connectivity index is 1.89. The molecule has 2 N–H and O–H groups in total. The fourth-order valence-corrected chi connectivity index (χ4v) is 6.27. The van der Waals surface area contributed by atoms with E-state index in [-0.39, 0.29) is 24.4 Å². The number of sulfonamides is 1. The molecule has 1 saturated heterocycles. The number of rotatable bonds is 3. The van der Waals surface area contributed by atoms with Gasteiger partial charge in [0.1, 0.15) is 11.2 Å². The highest BCUT2D eigenvalue weighted by Crippen LogP contribution is 2.33. The maximum atomic E-state index is 13.7. The van der Waals surface area contributed by atoms with E-state index in [9.17, 15) is 18.0 Å². The lowest BCUT2D eigenvalue weighted by molar-refractivity contribution is 0.0306. The molecule has 1 aromatic heterocycles. The molecule has 202 valence electrons. The minimum Gasteiger partial charge on any atom is -0.444 e. The molecule has 0 aliphatic carbocycles. The van der Waals surface area contributed by atoms with Crippen LogP contribution in [0.5, 0.6) is 0 Å². The monoisotopic (exact) mass is 597 g/mol. The fourth-order valence-electron chi connectivity index (χ4n) is 3.85. The van der Waals surface area contributed by atoms with Crippen LogP contribution in [-0.2, 0) is 19.5 Å². The minimum absolute atomic E-state index is 0.0982. The minimum atomic E-state index is -3.97. The standard InChI is InChI=1S/C24H32BrN5O6S/c1-23(2,3)35-21(31)28-20(26)30(22(32)36-24(4,5)6)16-10-11-29(14-16)37(33,34)18-9-7-8-15-12-27-13-17(25)19(15)18/h7-9,12-13,16H,10-11,14H2,1-6H3,(H2,26,28,31)/t16-/m0/s1. The van der Waals surface area contributed by atoms with E-state index in [0.717, 1.165) is 4.90 Å². The Labute approximate surface area is 225 Å². The van der Waals surface area contributed by atoms with Gasteiger partial charge in [-0.1, -0.05) is 12.1 Å². The summed E-state index contributed by atoms with van der Waals surface area (Å²) < 4.78 is 39.8. The number of benzene rings is 1. The summed E-state index contributed by atoms with van der Waals surface area (Å²) in [5.41, 5.74) is -1.70. The molecule has 2 amide bonds. The smallest absolute Gasteiger partial charge is 0.417 e. The second kappa shape index (κ2) is 10.5. The topological polar surface area (TPSA) is 142 Å². The predicted octanol–water partition coefficient (Wildman–Crippen LogP) is 4.46. The van der Waals surface area contributed by atoms with Gasteiger partial charge >= 0.3 is 12.2 Å². The van der Waals surface area contributed by atoms with Crippen molar-refractivity contribution in [2.24, 2.45) is 0 Å². The summed E-state index contributed by atoms with van der Waals surface area (Å²) in [7, 11) is -3.97. The molecule has 11 nitrogen and oxygen atoms in total. The first-order chi connectivity index (χ1) is 17.0. The second-order valence-corrected chi connectivity index (χ2v) is 13.4. The molecule has 13 heteroatoms. The zero-order valence-corrected chi connectivity index (χ0v) is 24.1. The summed E-state index contributed by atoms with van der Waals surface area (Å²) in [6, 6.07) is 4.18. The summed E-state index contributed by atoms with van der Waals surface area (Å²) in [4.78, 5) is 30.6. The molecule has 1 aromatic carbocycles. The van der Waals surface area contributed by atoms with Crippen molar-refractivity contribution in [2.45, 2.75) is 70.1 Å². The Bertz CT molecular complexity index is 1310. The van der Waals surface area contributed by atoms with Crippen LogP contribution in [0.2, 0.25) is 0 Å². The van der Waals surface area contributed by atoms with Crippen LogP contribution in [0.4, 0.5) is 9.59 Å². The number of ether oxygens (including phenoxy) is 2. The number of pyridine rings is 1. The Morgan fingerprint density at radius 1 is 1.14 bits per heavy atom. The number of fused-ring (bicyclic) bond motifs is 1. The van der Waals surface area contributed by atoms with Crippen LogP contribution in [-0.4, -0.2) is 71.1 Å². The van der Waals surface area contributed by atoms with Crippen molar-refractivity contribution in [2.75, 3.05) is 13.1 Å². The van der Waals surface area contributed by atoms with Gasteiger partial charge in [-0.2, -0.15) is 4.31 Å². The van der Waals surface area contributed by atoms with Crippen LogP contribution in [0.3, 0.4) is 0 Å². The van der Waals surface area contributed by atoms with Gasteiger partial charge in [-0.15, -0.1) is 0 Å². The third-order valence-electron chi connectivity index (χ3n) is 5.26. The molecule has 0 radical (unpaired) electrons. The maximum Gasteiger partial charge on any atom is 0.417 e. The predicted molar refractivity (Wildman–Crippen MR) is 142 cm³/mol. The first-order valence-corrected chi connectivity index (χ1v) is 13.9. The first kappa shape index (κ1) is 28.8. The van der Waals surface area contributed by atoms with E-state index in [1.54, 1.807) is 59.9 Å². The number of nitrogens with zero attached hydrogens (tertiary/aromatic N) is 3. The third kappa shape index (κ3) is 6.96. The van der Waals surface area contributed by atoms with Gasteiger partial charge in [0, 0.05) is 40.7 Å². The number of nitrogens with one attached hydrogen (secondary N) is 2. The molecule has 0 spiro atoms. The van der Waals surface area contributed by atoms with Crippen molar-refractivity contribution >= 4 is 54.9 Å². The van der Waals surface area contributed by atoms with Crippen molar-refractivity contribution in [3.8, 4) is 0 Å². The summed E-state index contributed by atoms with van der Waals surface area (Å²) in [5.74, 6) is -0.563. The van der Waals surface area contributed by atoms with E-state index in [2.05, 4.69) is 26.2 Å². The van der Waals surface area contributed by atoms with E-state index in [4.69, 9.17) is 14.9 Å². The van der Waals surface area contributed by atoms with E-state index >= 15 is 0 Å². The van der Waals surface area contributed by atoms with Gasteiger partial charge in [-0.25, -0.2) is 22.9 Å². The van der Waals surface area contributed by atoms with Gasteiger partial charge in [0.25, 0.3) is 0 Å². The van der Waals surface area contributed by atoms with E-state index in [0.29, 0.717) is 15.2 Å². The van der Waals surface area contributed by atoms with Crippen molar-refractivity contribution in [1.29, 1.82) is 5.41 Å². The molecule has 1 aliphatic heterocycles. The fraction of sp³-hybridized carbons (Fsp3) is 0.500. The quantitative estimate of drug-likeness (QED) is 0.393. The van der Waals surface area contributed by atoms with Gasteiger partial charge in [0.2, 0.25) is 16.0 Å². The van der Waals surface area contributed by atoms with Crippen LogP contribution in [0, 0.1) is 5.41 Å². The SMILES string of the molecule is CC(C)(C)OC(=O)NC(=N)N(C(=O)OC(C)(C)C)[C@H]1CCN(S(=O)(=O)c2cccc3cncc(Br)c23)C1. The Kier molecular flexibility index (Phi) is 8.20. The summed E-state index contributed by atoms with van der Waals surface area (Å²) in [5, 5.41) is 11.9. The van der Waals surface area contributed by atoms with Gasteiger partial charge in [-0.3, -0.25) is 15.7 Å². The zero-order chi connectivity index (χ0) is 27.8. The second-order valence-electron chi connectivity index (χ2n) is 10.6. The number of hydrogen-bond donors (Lipinski definition) is 2. The molecule has 0 saturated carbocycles.